The fourth-order valence-electron chi connectivity index (χ4n) is 1.96. The Hall–Kier alpha value is -2.81. The molecule has 2 rings (SSSR count). The van der Waals surface area contributed by atoms with Gasteiger partial charge in [0.05, 0.1) is 11.3 Å². The molecule has 1 aromatic carbocycles. The molecular formula is C18H21N3O5S. The summed E-state index contributed by atoms with van der Waals surface area (Å²) in [5, 5.41) is 6.17. The van der Waals surface area contributed by atoms with Crippen molar-refractivity contribution in [3.8, 4) is 0 Å². The van der Waals surface area contributed by atoms with E-state index in [0.717, 1.165) is 0 Å². The Kier molecular flexibility index (Phi) is 7.00. The molecule has 1 aromatic heterocycles. The first-order chi connectivity index (χ1) is 12.8. The van der Waals surface area contributed by atoms with Gasteiger partial charge in [-0.2, -0.15) is 0 Å². The number of anilines is 1. The van der Waals surface area contributed by atoms with Crippen LogP contribution in [0.1, 0.15) is 23.0 Å². The Balaban J connectivity index is 2.00. The highest BCUT2D eigenvalue weighted by molar-refractivity contribution is 8.00. The first-order valence-corrected chi connectivity index (χ1v) is 9.13. The van der Waals surface area contributed by atoms with Crippen molar-refractivity contribution in [2.24, 2.45) is 0 Å². The van der Waals surface area contributed by atoms with Crippen LogP contribution in [0.25, 0.3) is 0 Å². The van der Waals surface area contributed by atoms with Crippen molar-refractivity contribution in [1.29, 1.82) is 0 Å². The molecule has 0 spiro atoms. The van der Waals surface area contributed by atoms with Gasteiger partial charge in [0.15, 0.2) is 11.9 Å². The maximum absolute atomic E-state index is 12.5. The minimum absolute atomic E-state index is 0.0705. The fraction of sp³-hybridized carbons (Fsp3) is 0.333. The summed E-state index contributed by atoms with van der Waals surface area (Å²) in [4.78, 5) is 38.5. The van der Waals surface area contributed by atoms with E-state index in [1.54, 1.807) is 51.4 Å². The van der Waals surface area contributed by atoms with Crippen LogP contribution in [0.5, 0.6) is 0 Å². The van der Waals surface area contributed by atoms with Crippen LogP contribution >= 0.6 is 11.8 Å². The molecular weight excluding hydrogens is 370 g/mol. The number of amides is 2. The quantitative estimate of drug-likeness (QED) is 0.571. The lowest BCUT2D eigenvalue weighted by Crippen LogP contribution is -2.30. The molecule has 0 saturated heterocycles. The Morgan fingerprint density at radius 1 is 1.30 bits per heavy atom. The molecule has 0 aliphatic heterocycles. The lowest BCUT2D eigenvalue weighted by Gasteiger charge is -2.14. The molecule has 27 heavy (non-hydrogen) atoms. The van der Waals surface area contributed by atoms with Crippen LogP contribution in [-0.2, 0) is 14.3 Å². The van der Waals surface area contributed by atoms with Gasteiger partial charge in [-0.15, -0.1) is 11.8 Å². The molecule has 0 aliphatic rings. The van der Waals surface area contributed by atoms with Gasteiger partial charge in [0, 0.05) is 25.1 Å². The van der Waals surface area contributed by atoms with Crippen molar-refractivity contribution in [3.63, 3.8) is 0 Å². The van der Waals surface area contributed by atoms with Gasteiger partial charge in [0.1, 0.15) is 5.76 Å². The summed E-state index contributed by atoms with van der Waals surface area (Å²) in [6, 6.07) is 8.34. The van der Waals surface area contributed by atoms with Crippen molar-refractivity contribution < 1.29 is 23.6 Å². The van der Waals surface area contributed by atoms with E-state index in [1.807, 2.05) is 0 Å². The Morgan fingerprint density at radius 2 is 2.00 bits per heavy atom. The Morgan fingerprint density at radius 3 is 2.63 bits per heavy atom. The molecule has 0 saturated carbocycles. The summed E-state index contributed by atoms with van der Waals surface area (Å²) in [5.74, 6) is -0.247. The van der Waals surface area contributed by atoms with E-state index in [9.17, 15) is 14.4 Å². The molecule has 0 fully saturated rings. The van der Waals surface area contributed by atoms with Crippen molar-refractivity contribution in [3.05, 3.63) is 41.7 Å². The van der Waals surface area contributed by atoms with Crippen LogP contribution in [-0.4, -0.2) is 53.8 Å². The third-order valence-corrected chi connectivity index (χ3v) is 4.55. The maximum Gasteiger partial charge on any atom is 0.340 e. The van der Waals surface area contributed by atoms with E-state index in [0.29, 0.717) is 16.2 Å². The standard InChI is InChI=1S/C18H21N3O5S/c1-11-9-15(20-26-11)19-17(23)12(2)25-18(24)13-7-5-6-8-14(13)27-10-16(22)21(3)4/h5-9,12H,10H2,1-4H3,(H,19,20,23)/t12-/m1/s1. The van der Waals surface area contributed by atoms with E-state index in [2.05, 4.69) is 10.5 Å². The predicted octanol–water partition coefficient (Wildman–Crippen LogP) is 2.35. The Bertz CT molecular complexity index is 834. The number of aryl methyl sites for hydroxylation is 1. The van der Waals surface area contributed by atoms with Crippen molar-refractivity contribution in [2.75, 3.05) is 25.2 Å². The first kappa shape index (κ1) is 20.5. The number of benzene rings is 1. The number of carbonyl (C=O) groups excluding carboxylic acids is 3. The summed E-state index contributed by atoms with van der Waals surface area (Å²) < 4.78 is 10.1. The van der Waals surface area contributed by atoms with Crippen LogP contribution in [0, 0.1) is 6.92 Å². The van der Waals surface area contributed by atoms with Crippen LogP contribution in [0.15, 0.2) is 39.8 Å². The summed E-state index contributed by atoms with van der Waals surface area (Å²) in [7, 11) is 3.33. The number of hydrogen-bond acceptors (Lipinski definition) is 7. The second-order valence-electron chi connectivity index (χ2n) is 5.93. The number of nitrogens with zero attached hydrogens (tertiary/aromatic N) is 2. The molecule has 9 heteroatoms. The van der Waals surface area contributed by atoms with Gasteiger partial charge < -0.3 is 19.5 Å². The largest absolute Gasteiger partial charge is 0.449 e. The summed E-state index contributed by atoms with van der Waals surface area (Å²) in [6.45, 7) is 3.16. The number of ether oxygens (including phenoxy) is 1. The maximum atomic E-state index is 12.5. The second-order valence-corrected chi connectivity index (χ2v) is 6.95. The average Bonchev–Trinajstić information content (AvgIpc) is 3.04. The van der Waals surface area contributed by atoms with Crippen molar-refractivity contribution in [2.45, 2.75) is 24.8 Å². The lowest BCUT2D eigenvalue weighted by molar-refractivity contribution is -0.126. The second kappa shape index (κ2) is 9.22. The number of hydrogen-bond donors (Lipinski definition) is 1. The molecule has 8 nitrogen and oxygen atoms in total. The van der Waals surface area contributed by atoms with E-state index in [1.165, 1.54) is 23.6 Å². The van der Waals surface area contributed by atoms with Crippen molar-refractivity contribution in [1.82, 2.24) is 10.1 Å². The van der Waals surface area contributed by atoms with E-state index < -0.39 is 18.0 Å². The fourth-order valence-corrected chi connectivity index (χ4v) is 2.98. The average molecular weight is 391 g/mol. The van der Waals surface area contributed by atoms with Gasteiger partial charge in [-0.05, 0) is 26.0 Å². The van der Waals surface area contributed by atoms with Gasteiger partial charge >= 0.3 is 5.97 Å². The van der Waals surface area contributed by atoms with Crippen molar-refractivity contribution >= 4 is 35.4 Å². The lowest BCUT2D eigenvalue weighted by atomic mass is 10.2. The van der Waals surface area contributed by atoms with Gasteiger partial charge in [-0.3, -0.25) is 9.59 Å². The minimum atomic E-state index is -1.03. The third kappa shape index (κ3) is 5.85. The van der Waals surface area contributed by atoms with Gasteiger partial charge in [0.25, 0.3) is 5.91 Å². The Labute approximate surface area is 161 Å². The molecule has 1 N–H and O–H groups in total. The van der Waals surface area contributed by atoms with Crippen LogP contribution in [0.3, 0.4) is 0 Å². The molecule has 144 valence electrons. The number of nitrogens with one attached hydrogen (secondary N) is 1. The van der Waals surface area contributed by atoms with Gasteiger partial charge in [0.2, 0.25) is 5.91 Å². The number of esters is 1. The highest BCUT2D eigenvalue weighted by Gasteiger charge is 2.22. The molecule has 0 bridgehead atoms. The van der Waals surface area contributed by atoms with E-state index in [4.69, 9.17) is 9.26 Å². The van der Waals surface area contributed by atoms with Gasteiger partial charge in [-0.25, -0.2) is 4.79 Å². The van der Waals surface area contributed by atoms with Crippen LogP contribution < -0.4 is 5.32 Å². The number of aromatic nitrogens is 1. The number of thioether (sulfide) groups is 1. The smallest absolute Gasteiger partial charge is 0.340 e. The molecule has 2 aromatic rings. The highest BCUT2D eigenvalue weighted by atomic mass is 32.2. The minimum Gasteiger partial charge on any atom is -0.449 e. The zero-order valence-electron chi connectivity index (χ0n) is 15.5. The van der Waals surface area contributed by atoms with E-state index in [-0.39, 0.29) is 17.5 Å². The monoisotopic (exact) mass is 391 g/mol. The molecule has 1 atom stereocenters. The normalized spacial score (nSPS) is 11.6. The highest BCUT2D eigenvalue weighted by Crippen LogP contribution is 2.24. The van der Waals surface area contributed by atoms with E-state index >= 15 is 0 Å². The first-order valence-electron chi connectivity index (χ1n) is 8.15. The molecule has 0 unspecified atom stereocenters. The predicted molar refractivity (Wildman–Crippen MR) is 101 cm³/mol. The number of rotatable bonds is 7. The third-order valence-electron chi connectivity index (χ3n) is 3.49. The zero-order valence-corrected chi connectivity index (χ0v) is 16.3. The topological polar surface area (TPSA) is 102 Å². The van der Waals surface area contributed by atoms with Crippen LogP contribution in [0.2, 0.25) is 0 Å². The molecule has 2 amide bonds. The molecule has 0 radical (unpaired) electrons. The van der Waals surface area contributed by atoms with Gasteiger partial charge in [-0.1, -0.05) is 17.3 Å². The summed E-state index contributed by atoms with van der Waals surface area (Å²) in [6.07, 6.45) is -1.03. The zero-order chi connectivity index (χ0) is 20.0. The molecule has 0 aliphatic carbocycles. The number of carbonyl (C=O) groups is 3. The molecule has 1 heterocycles. The summed E-state index contributed by atoms with van der Waals surface area (Å²) in [5.41, 5.74) is 0.297. The van der Waals surface area contributed by atoms with Crippen LogP contribution in [0.4, 0.5) is 5.82 Å². The summed E-state index contributed by atoms with van der Waals surface area (Å²) >= 11 is 1.24. The SMILES string of the molecule is Cc1cc(NC(=O)[C@@H](C)OC(=O)c2ccccc2SCC(=O)N(C)C)no1.